The molecule has 1 rings (SSSR count). The molecular formula is C6H9N3O2. The number of hydrogen-bond acceptors (Lipinski definition) is 3. The Hall–Kier alpha value is -1.39. The lowest BCUT2D eigenvalue weighted by atomic mass is 10.1. The molecule has 60 valence electrons. The smallest absolute Gasteiger partial charge is 0.343 e. The molecule has 0 unspecified atom stereocenters. The summed E-state index contributed by atoms with van der Waals surface area (Å²) in [4.78, 5) is 16.2. The minimum absolute atomic E-state index is 0.000000000000000222. The van der Waals surface area contributed by atoms with Crippen LogP contribution >= 0.6 is 0 Å². The van der Waals surface area contributed by atoms with Crippen molar-refractivity contribution in [3.63, 3.8) is 0 Å². The molecule has 11 heavy (non-hydrogen) atoms. The minimum atomic E-state index is -0.456. The van der Waals surface area contributed by atoms with Gasteiger partial charge in [-0.2, -0.15) is 0 Å². The topological polar surface area (TPSA) is 71.8 Å². The highest BCUT2D eigenvalue weighted by molar-refractivity contribution is 5.27. The summed E-state index contributed by atoms with van der Waals surface area (Å²) in [6.45, 7) is 3.73. The van der Waals surface area contributed by atoms with Crippen LogP contribution in [0.15, 0.2) is 6.33 Å². The molecule has 1 N–H and O–H groups in total. The Morgan fingerprint density at radius 1 is 1.73 bits per heavy atom. The Morgan fingerprint density at radius 2 is 2.36 bits per heavy atom. The van der Waals surface area contributed by atoms with Crippen LogP contribution in [0.3, 0.4) is 0 Å². The second kappa shape index (κ2) is 2.69. The van der Waals surface area contributed by atoms with Crippen molar-refractivity contribution in [2.75, 3.05) is 0 Å². The molecule has 0 atom stereocenters. The van der Waals surface area contributed by atoms with Gasteiger partial charge < -0.3 is 10.1 Å². The normalized spacial score (nSPS) is 10.5. The molecule has 0 saturated carbocycles. The van der Waals surface area contributed by atoms with Crippen LogP contribution in [0.2, 0.25) is 0 Å². The van der Waals surface area contributed by atoms with Gasteiger partial charge in [0, 0.05) is 5.92 Å². The fraction of sp³-hybridized carbons (Fsp3) is 0.500. The zero-order valence-corrected chi connectivity index (χ0v) is 6.37. The summed E-state index contributed by atoms with van der Waals surface area (Å²) in [5.41, 5.74) is 0.509. The van der Waals surface area contributed by atoms with Gasteiger partial charge in [-0.15, -0.1) is 0 Å². The van der Waals surface area contributed by atoms with Crippen molar-refractivity contribution in [1.29, 1.82) is 0 Å². The maximum absolute atomic E-state index is 10.3. The van der Waals surface area contributed by atoms with Gasteiger partial charge in [0.15, 0.2) is 6.33 Å². The molecule has 0 aromatic carbocycles. The Balaban J connectivity index is 3.06. The van der Waals surface area contributed by atoms with E-state index in [4.69, 9.17) is 0 Å². The maximum atomic E-state index is 10.3. The quantitative estimate of drug-likeness (QED) is 0.518. The SMILES string of the molecule is CC(C)c1nc[nH]c1[N+](=O)[O-]. The Bertz CT molecular complexity index is 267. The van der Waals surface area contributed by atoms with Crippen molar-refractivity contribution in [1.82, 2.24) is 9.97 Å². The Kier molecular flexibility index (Phi) is 1.89. The third kappa shape index (κ3) is 1.36. The van der Waals surface area contributed by atoms with Crippen molar-refractivity contribution in [3.05, 3.63) is 22.1 Å². The summed E-state index contributed by atoms with van der Waals surface area (Å²) in [5.74, 6) is 0.0849. The second-order valence-electron chi connectivity index (χ2n) is 2.55. The van der Waals surface area contributed by atoms with Crippen LogP contribution in [-0.4, -0.2) is 14.9 Å². The van der Waals surface area contributed by atoms with E-state index in [1.165, 1.54) is 6.33 Å². The van der Waals surface area contributed by atoms with E-state index in [0.29, 0.717) is 5.69 Å². The van der Waals surface area contributed by atoms with Crippen LogP contribution in [0.4, 0.5) is 5.82 Å². The molecule has 1 aromatic heterocycles. The number of hydrogen-bond donors (Lipinski definition) is 1. The molecule has 1 heterocycles. The fourth-order valence-corrected chi connectivity index (χ4v) is 0.867. The van der Waals surface area contributed by atoms with E-state index < -0.39 is 4.92 Å². The number of imidazole rings is 1. The van der Waals surface area contributed by atoms with Gasteiger partial charge >= 0.3 is 5.82 Å². The zero-order chi connectivity index (χ0) is 8.43. The number of rotatable bonds is 2. The highest BCUT2D eigenvalue weighted by atomic mass is 16.6. The molecule has 5 heteroatoms. The minimum Gasteiger partial charge on any atom is -0.358 e. The molecule has 0 fully saturated rings. The molecule has 0 aliphatic heterocycles. The first-order chi connectivity index (χ1) is 5.13. The first-order valence-corrected chi connectivity index (χ1v) is 3.30. The number of nitrogens with one attached hydrogen (secondary N) is 1. The van der Waals surface area contributed by atoms with Crippen LogP contribution in [0, 0.1) is 10.1 Å². The van der Waals surface area contributed by atoms with E-state index in [0.717, 1.165) is 0 Å². The van der Waals surface area contributed by atoms with Crippen LogP contribution in [0.25, 0.3) is 0 Å². The van der Waals surface area contributed by atoms with Gasteiger partial charge in [0.1, 0.15) is 5.69 Å². The summed E-state index contributed by atoms with van der Waals surface area (Å²) in [7, 11) is 0. The summed E-state index contributed by atoms with van der Waals surface area (Å²) < 4.78 is 0. The predicted octanol–water partition coefficient (Wildman–Crippen LogP) is 1.44. The number of aromatic nitrogens is 2. The van der Waals surface area contributed by atoms with E-state index in [2.05, 4.69) is 9.97 Å². The van der Waals surface area contributed by atoms with Crippen LogP contribution in [0.5, 0.6) is 0 Å². The van der Waals surface area contributed by atoms with Crippen molar-refractivity contribution >= 4 is 5.82 Å². The standard InChI is InChI=1S/C6H9N3O2/c1-4(2)5-6(9(10)11)8-3-7-5/h3-4H,1-2H3,(H,7,8). The predicted molar refractivity (Wildman–Crippen MR) is 39.3 cm³/mol. The highest BCUT2D eigenvalue weighted by Crippen LogP contribution is 2.20. The van der Waals surface area contributed by atoms with E-state index in [-0.39, 0.29) is 11.7 Å². The van der Waals surface area contributed by atoms with Gasteiger partial charge in [0.25, 0.3) is 0 Å². The van der Waals surface area contributed by atoms with Gasteiger partial charge in [-0.3, -0.25) is 0 Å². The van der Waals surface area contributed by atoms with Gasteiger partial charge in [-0.25, -0.2) is 9.97 Å². The highest BCUT2D eigenvalue weighted by Gasteiger charge is 2.17. The number of nitro groups is 1. The molecule has 0 spiro atoms. The molecule has 0 bridgehead atoms. The van der Waals surface area contributed by atoms with Crippen LogP contribution < -0.4 is 0 Å². The molecule has 0 aliphatic rings. The van der Waals surface area contributed by atoms with Crippen LogP contribution in [-0.2, 0) is 0 Å². The summed E-state index contributed by atoms with van der Waals surface area (Å²) in [6, 6.07) is 0. The molecule has 1 aromatic rings. The average molecular weight is 155 g/mol. The van der Waals surface area contributed by atoms with Gasteiger partial charge in [-0.05, 0) is 4.92 Å². The van der Waals surface area contributed by atoms with E-state index in [9.17, 15) is 10.1 Å². The molecule has 5 nitrogen and oxygen atoms in total. The van der Waals surface area contributed by atoms with E-state index >= 15 is 0 Å². The number of nitrogens with zero attached hydrogens (tertiary/aromatic N) is 2. The third-order valence-electron chi connectivity index (χ3n) is 1.38. The van der Waals surface area contributed by atoms with Crippen LogP contribution in [0.1, 0.15) is 25.5 Å². The first-order valence-electron chi connectivity index (χ1n) is 3.30. The third-order valence-corrected chi connectivity index (χ3v) is 1.38. The van der Waals surface area contributed by atoms with Crippen molar-refractivity contribution < 1.29 is 4.92 Å². The monoisotopic (exact) mass is 155 g/mol. The molecule has 0 aliphatic carbocycles. The fourth-order valence-electron chi connectivity index (χ4n) is 0.867. The Morgan fingerprint density at radius 3 is 2.73 bits per heavy atom. The van der Waals surface area contributed by atoms with E-state index in [1.807, 2.05) is 13.8 Å². The Labute approximate surface area is 63.6 Å². The number of H-pyrrole nitrogens is 1. The lowest BCUT2D eigenvalue weighted by Gasteiger charge is -1.98. The van der Waals surface area contributed by atoms with Gasteiger partial charge in [0.05, 0.1) is 0 Å². The molecule has 0 saturated heterocycles. The van der Waals surface area contributed by atoms with Gasteiger partial charge in [0.2, 0.25) is 0 Å². The van der Waals surface area contributed by atoms with Gasteiger partial charge in [-0.1, -0.05) is 13.8 Å². The zero-order valence-electron chi connectivity index (χ0n) is 6.37. The maximum Gasteiger partial charge on any atom is 0.343 e. The second-order valence-corrected chi connectivity index (χ2v) is 2.55. The molecular weight excluding hydrogens is 146 g/mol. The lowest BCUT2D eigenvalue weighted by Crippen LogP contribution is -1.95. The van der Waals surface area contributed by atoms with Crippen molar-refractivity contribution in [3.8, 4) is 0 Å². The largest absolute Gasteiger partial charge is 0.358 e. The number of aromatic amines is 1. The molecule has 0 radical (unpaired) electrons. The summed E-state index contributed by atoms with van der Waals surface area (Å²) >= 11 is 0. The first kappa shape index (κ1) is 7.71. The molecule has 0 amide bonds. The van der Waals surface area contributed by atoms with E-state index in [1.54, 1.807) is 0 Å². The van der Waals surface area contributed by atoms with Crippen molar-refractivity contribution in [2.24, 2.45) is 0 Å². The lowest BCUT2D eigenvalue weighted by molar-refractivity contribution is -0.390. The van der Waals surface area contributed by atoms with Crippen molar-refractivity contribution in [2.45, 2.75) is 19.8 Å². The average Bonchev–Trinajstić information content (AvgIpc) is 2.32. The summed E-state index contributed by atoms with van der Waals surface area (Å²) in [5, 5.41) is 10.3. The summed E-state index contributed by atoms with van der Waals surface area (Å²) in [6.07, 6.45) is 1.34.